The van der Waals surface area contributed by atoms with Crippen LogP contribution in [0.2, 0.25) is 0 Å². The van der Waals surface area contributed by atoms with Crippen LogP contribution in [0.5, 0.6) is 5.75 Å². The van der Waals surface area contributed by atoms with Crippen molar-refractivity contribution in [2.24, 2.45) is 5.73 Å². The van der Waals surface area contributed by atoms with Gasteiger partial charge in [-0.1, -0.05) is 12.1 Å². The molecule has 2 aromatic rings. The third-order valence-electron chi connectivity index (χ3n) is 5.57. The Morgan fingerprint density at radius 2 is 1.75 bits per heavy atom. The molecule has 1 fully saturated rings. The fourth-order valence-electron chi connectivity index (χ4n) is 3.50. The monoisotopic (exact) mass is 438 g/mol. The van der Waals surface area contributed by atoms with E-state index in [2.05, 4.69) is 10.6 Å². The summed E-state index contributed by atoms with van der Waals surface area (Å²) in [4.78, 5) is 50.4. The van der Waals surface area contributed by atoms with Crippen LogP contribution in [0, 0.1) is 0 Å². The van der Waals surface area contributed by atoms with Crippen molar-refractivity contribution in [3.8, 4) is 5.75 Å². The third-order valence-corrected chi connectivity index (χ3v) is 5.57. The number of methoxy groups -OCH3 is 1. The minimum atomic E-state index is -1.12. The lowest BCUT2D eigenvalue weighted by Crippen LogP contribution is -2.48. The molecule has 4 N–H and O–H groups in total. The Kier molecular flexibility index (Phi) is 6.47. The Morgan fingerprint density at radius 1 is 1.12 bits per heavy atom. The second-order valence-corrected chi connectivity index (χ2v) is 7.89. The number of carbonyl (C=O) groups is 4. The number of urea groups is 1. The number of amides is 5. The van der Waals surface area contributed by atoms with Crippen LogP contribution in [0.4, 0.5) is 10.5 Å². The van der Waals surface area contributed by atoms with Crippen molar-refractivity contribution in [1.29, 1.82) is 0 Å². The van der Waals surface area contributed by atoms with Crippen molar-refractivity contribution in [2.45, 2.75) is 38.3 Å². The van der Waals surface area contributed by atoms with Crippen LogP contribution in [-0.4, -0.2) is 47.3 Å². The van der Waals surface area contributed by atoms with Gasteiger partial charge in [0.05, 0.1) is 7.11 Å². The molecule has 1 aliphatic heterocycles. The molecular formula is C23H26N4O5. The Labute approximate surface area is 185 Å². The first-order valence-corrected chi connectivity index (χ1v) is 10.1. The van der Waals surface area contributed by atoms with Crippen LogP contribution in [0.1, 0.15) is 36.2 Å². The van der Waals surface area contributed by atoms with Crippen molar-refractivity contribution >= 4 is 29.4 Å². The molecule has 1 aliphatic rings. The SMILES string of the molecule is COc1ccc(CC[C@@]2(C)NC(=O)N([C@@H](C)C(=O)Nc3ccc(C(N)=O)cc3)C2=O)cc1. The molecule has 3 rings (SSSR count). The Bertz CT molecular complexity index is 1040. The maximum Gasteiger partial charge on any atom is 0.325 e. The van der Waals surface area contributed by atoms with Gasteiger partial charge in [-0.25, -0.2) is 9.69 Å². The molecule has 0 aromatic heterocycles. The average molecular weight is 438 g/mol. The maximum atomic E-state index is 13.1. The minimum Gasteiger partial charge on any atom is -0.497 e. The predicted molar refractivity (Wildman–Crippen MR) is 118 cm³/mol. The molecule has 0 radical (unpaired) electrons. The molecule has 2 aromatic carbocycles. The number of aryl methyl sites for hydroxylation is 1. The van der Waals surface area contributed by atoms with Gasteiger partial charge in [0.15, 0.2) is 0 Å². The van der Waals surface area contributed by atoms with E-state index in [4.69, 9.17) is 10.5 Å². The van der Waals surface area contributed by atoms with Gasteiger partial charge >= 0.3 is 6.03 Å². The topological polar surface area (TPSA) is 131 Å². The van der Waals surface area contributed by atoms with Gasteiger partial charge in [0.1, 0.15) is 17.3 Å². The Morgan fingerprint density at radius 3 is 2.31 bits per heavy atom. The van der Waals surface area contributed by atoms with Gasteiger partial charge in [-0.15, -0.1) is 0 Å². The standard InChI is InChI=1S/C23H26N4O5/c1-14(20(29)25-17-8-6-16(7-9-17)19(24)28)27-21(30)23(2,26-22(27)31)13-12-15-4-10-18(32-3)11-5-15/h4-11,14H,12-13H2,1-3H3,(H2,24,28)(H,25,29)(H,26,31)/t14-,23+/m0/s1. The number of nitrogens with two attached hydrogens (primary N) is 1. The number of imide groups is 1. The minimum absolute atomic E-state index is 0.303. The number of benzene rings is 2. The lowest BCUT2D eigenvalue weighted by atomic mass is 9.93. The van der Waals surface area contributed by atoms with Crippen LogP contribution in [-0.2, 0) is 16.0 Å². The van der Waals surface area contributed by atoms with Gasteiger partial charge in [-0.05, 0) is 68.7 Å². The number of rotatable bonds is 8. The highest BCUT2D eigenvalue weighted by Gasteiger charge is 2.50. The zero-order chi connectivity index (χ0) is 23.5. The first kappa shape index (κ1) is 22.8. The molecule has 0 aliphatic carbocycles. The second kappa shape index (κ2) is 9.09. The van der Waals surface area contributed by atoms with Gasteiger partial charge in [0.2, 0.25) is 11.8 Å². The number of hydrogen-bond donors (Lipinski definition) is 3. The predicted octanol–water partition coefficient (Wildman–Crippen LogP) is 2.06. The van der Waals surface area contributed by atoms with Crippen LogP contribution < -0.4 is 21.1 Å². The summed E-state index contributed by atoms with van der Waals surface area (Å²) in [6.45, 7) is 3.14. The highest BCUT2D eigenvalue weighted by atomic mass is 16.5. The summed E-state index contributed by atoms with van der Waals surface area (Å²) in [5.41, 5.74) is 5.81. The lowest BCUT2D eigenvalue weighted by molar-refractivity contribution is -0.136. The van der Waals surface area contributed by atoms with Gasteiger partial charge in [-0.2, -0.15) is 0 Å². The van der Waals surface area contributed by atoms with E-state index in [1.165, 1.54) is 31.2 Å². The third kappa shape index (κ3) is 4.72. The average Bonchev–Trinajstić information content (AvgIpc) is 3.00. The smallest absolute Gasteiger partial charge is 0.325 e. The molecule has 5 amide bonds. The van der Waals surface area contributed by atoms with Crippen molar-refractivity contribution in [2.75, 3.05) is 12.4 Å². The number of primary amides is 1. The summed E-state index contributed by atoms with van der Waals surface area (Å²) < 4.78 is 5.14. The van der Waals surface area contributed by atoms with Crippen LogP contribution in [0.15, 0.2) is 48.5 Å². The van der Waals surface area contributed by atoms with E-state index >= 15 is 0 Å². The number of nitrogens with zero attached hydrogens (tertiary/aromatic N) is 1. The maximum absolute atomic E-state index is 13.1. The second-order valence-electron chi connectivity index (χ2n) is 7.89. The van der Waals surface area contributed by atoms with Gasteiger partial charge in [0.25, 0.3) is 5.91 Å². The zero-order valence-corrected chi connectivity index (χ0v) is 18.2. The number of hydrogen-bond acceptors (Lipinski definition) is 5. The Hall–Kier alpha value is -3.88. The lowest BCUT2D eigenvalue weighted by Gasteiger charge is -2.24. The molecule has 32 heavy (non-hydrogen) atoms. The van der Waals surface area contributed by atoms with Crippen molar-refractivity contribution in [3.05, 3.63) is 59.7 Å². The number of ether oxygens (including phenoxy) is 1. The van der Waals surface area contributed by atoms with E-state index in [1.807, 2.05) is 24.3 Å². The summed E-state index contributed by atoms with van der Waals surface area (Å²) in [5.74, 6) is -0.826. The molecule has 1 heterocycles. The molecular weight excluding hydrogens is 412 g/mol. The fraction of sp³-hybridized carbons (Fsp3) is 0.304. The molecule has 0 bridgehead atoms. The summed E-state index contributed by atoms with van der Waals surface area (Å²) in [7, 11) is 1.59. The fourth-order valence-corrected chi connectivity index (χ4v) is 3.50. The number of nitrogens with one attached hydrogen (secondary N) is 2. The molecule has 0 saturated carbocycles. The molecule has 9 heteroatoms. The van der Waals surface area contributed by atoms with E-state index in [9.17, 15) is 19.2 Å². The van der Waals surface area contributed by atoms with Gasteiger partial charge < -0.3 is 21.1 Å². The van der Waals surface area contributed by atoms with Gasteiger partial charge in [-0.3, -0.25) is 14.4 Å². The van der Waals surface area contributed by atoms with E-state index in [-0.39, 0.29) is 0 Å². The molecule has 0 unspecified atom stereocenters. The number of anilines is 1. The van der Waals surface area contributed by atoms with Gasteiger partial charge in [0, 0.05) is 11.3 Å². The quantitative estimate of drug-likeness (QED) is 0.543. The van der Waals surface area contributed by atoms with Crippen LogP contribution >= 0.6 is 0 Å². The van der Waals surface area contributed by atoms with E-state index in [0.717, 1.165) is 16.2 Å². The van der Waals surface area contributed by atoms with E-state index in [1.54, 1.807) is 14.0 Å². The molecule has 1 saturated heterocycles. The Balaban J connectivity index is 1.65. The summed E-state index contributed by atoms with van der Waals surface area (Å²) >= 11 is 0. The summed E-state index contributed by atoms with van der Waals surface area (Å²) in [6, 6.07) is 11.8. The van der Waals surface area contributed by atoms with Crippen LogP contribution in [0.3, 0.4) is 0 Å². The number of carbonyl (C=O) groups excluding carboxylic acids is 4. The first-order chi connectivity index (χ1) is 15.1. The zero-order valence-electron chi connectivity index (χ0n) is 18.2. The molecule has 2 atom stereocenters. The molecule has 0 spiro atoms. The van der Waals surface area contributed by atoms with Crippen molar-refractivity contribution < 1.29 is 23.9 Å². The van der Waals surface area contributed by atoms with E-state index in [0.29, 0.717) is 24.1 Å². The normalized spacial score (nSPS) is 18.8. The summed E-state index contributed by atoms with van der Waals surface area (Å²) in [6.07, 6.45) is 0.941. The van der Waals surface area contributed by atoms with Crippen molar-refractivity contribution in [1.82, 2.24) is 10.2 Å². The van der Waals surface area contributed by atoms with E-state index < -0.39 is 35.3 Å². The largest absolute Gasteiger partial charge is 0.497 e. The van der Waals surface area contributed by atoms with Crippen LogP contribution in [0.25, 0.3) is 0 Å². The van der Waals surface area contributed by atoms with Crippen molar-refractivity contribution in [3.63, 3.8) is 0 Å². The summed E-state index contributed by atoms with van der Waals surface area (Å²) in [5, 5.41) is 5.37. The first-order valence-electron chi connectivity index (χ1n) is 10.1. The molecule has 168 valence electrons. The highest BCUT2D eigenvalue weighted by molar-refractivity contribution is 6.11. The molecule has 9 nitrogen and oxygen atoms in total. The highest BCUT2D eigenvalue weighted by Crippen LogP contribution is 2.26.